The van der Waals surface area contributed by atoms with Crippen molar-refractivity contribution in [2.45, 2.75) is 4.90 Å². The zero-order valence-corrected chi connectivity index (χ0v) is 11.6. The van der Waals surface area contributed by atoms with Gasteiger partial charge in [0.2, 0.25) is 5.91 Å². The van der Waals surface area contributed by atoms with Gasteiger partial charge in [0.15, 0.2) is 0 Å². The lowest BCUT2D eigenvalue weighted by Gasteiger charge is -2.06. The molecule has 2 aromatic carbocycles. The maximum Gasteiger partial charge on any atom is 0.237 e. The quantitative estimate of drug-likeness (QED) is 0.851. The summed E-state index contributed by atoms with van der Waals surface area (Å²) in [6.07, 6.45) is 0. The van der Waals surface area contributed by atoms with E-state index in [0.717, 1.165) is 12.1 Å². The zero-order chi connectivity index (χ0) is 15.4. The predicted molar refractivity (Wildman–Crippen MR) is 77.1 cm³/mol. The van der Waals surface area contributed by atoms with Crippen LogP contribution in [0, 0.1) is 11.6 Å². The Balaban J connectivity index is 2.02. The Hall–Kier alpha value is -2.28. The molecule has 0 bridgehead atoms. The van der Waals surface area contributed by atoms with Crippen molar-refractivity contribution in [1.29, 1.82) is 0 Å². The summed E-state index contributed by atoms with van der Waals surface area (Å²) in [4.78, 5) is 11.5. The molecular weight excluding hydrogens is 298 g/mol. The van der Waals surface area contributed by atoms with Crippen LogP contribution >= 0.6 is 0 Å². The van der Waals surface area contributed by atoms with Gasteiger partial charge in [0.1, 0.15) is 17.4 Å². The number of rotatable bonds is 4. The van der Waals surface area contributed by atoms with Crippen molar-refractivity contribution in [1.82, 2.24) is 0 Å². The normalized spacial score (nSPS) is 11.9. The maximum atomic E-state index is 13.4. The lowest BCUT2D eigenvalue weighted by Crippen LogP contribution is -2.20. The molecule has 3 N–H and O–H groups in total. The molecule has 0 saturated carbocycles. The van der Waals surface area contributed by atoms with Crippen LogP contribution in [0.4, 0.5) is 20.2 Å². The minimum Gasteiger partial charge on any atom is -0.399 e. The molecule has 0 radical (unpaired) electrons. The van der Waals surface area contributed by atoms with E-state index < -0.39 is 34.1 Å². The van der Waals surface area contributed by atoms with E-state index in [1.165, 1.54) is 0 Å². The molecule has 1 unspecified atom stereocenters. The van der Waals surface area contributed by atoms with Crippen LogP contribution in [-0.4, -0.2) is 15.9 Å². The molecule has 4 nitrogen and oxygen atoms in total. The topological polar surface area (TPSA) is 72.2 Å². The zero-order valence-electron chi connectivity index (χ0n) is 10.8. The van der Waals surface area contributed by atoms with Crippen molar-refractivity contribution in [3.05, 3.63) is 54.1 Å². The molecule has 2 aromatic rings. The van der Waals surface area contributed by atoms with Crippen molar-refractivity contribution in [2.24, 2.45) is 0 Å². The third kappa shape index (κ3) is 4.09. The average Bonchev–Trinajstić information content (AvgIpc) is 2.41. The molecule has 0 aliphatic rings. The smallest absolute Gasteiger partial charge is 0.237 e. The van der Waals surface area contributed by atoms with Crippen molar-refractivity contribution in [3.8, 4) is 0 Å². The first-order valence-corrected chi connectivity index (χ1v) is 7.26. The molecule has 110 valence electrons. The average molecular weight is 310 g/mol. The standard InChI is InChI=1S/C14H12F2N2O2S/c15-9-1-6-13(12(16)7-9)21(20)8-14(19)18-11-4-2-10(17)3-5-11/h1-7H,8,17H2,(H,18,19). The highest BCUT2D eigenvalue weighted by Gasteiger charge is 2.15. The number of anilines is 2. The van der Waals surface area contributed by atoms with Crippen LogP contribution in [0.2, 0.25) is 0 Å². The van der Waals surface area contributed by atoms with Gasteiger partial charge < -0.3 is 11.1 Å². The van der Waals surface area contributed by atoms with Gasteiger partial charge >= 0.3 is 0 Å². The first-order valence-electron chi connectivity index (χ1n) is 5.94. The molecule has 0 heterocycles. The Bertz CT molecular complexity index is 690. The van der Waals surface area contributed by atoms with Crippen LogP contribution in [0.5, 0.6) is 0 Å². The van der Waals surface area contributed by atoms with E-state index >= 15 is 0 Å². The lowest BCUT2D eigenvalue weighted by atomic mass is 10.3. The van der Waals surface area contributed by atoms with E-state index in [-0.39, 0.29) is 4.90 Å². The fraction of sp³-hybridized carbons (Fsp3) is 0.0714. The number of carbonyl (C=O) groups excluding carboxylic acids is 1. The minimum atomic E-state index is -1.89. The first-order chi connectivity index (χ1) is 9.95. The number of nitrogens with two attached hydrogens (primary N) is 1. The Labute approximate surface area is 122 Å². The summed E-state index contributed by atoms with van der Waals surface area (Å²) in [6.45, 7) is 0. The van der Waals surface area contributed by atoms with Crippen molar-refractivity contribution >= 4 is 28.1 Å². The number of halogens is 2. The molecule has 0 spiro atoms. The van der Waals surface area contributed by atoms with Gasteiger partial charge in [-0.05, 0) is 36.4 Å². The molecule has 0 saturated heterocycles. The number of nitrogen functional groups attached to an aromatic ring is 1. The van der Waals surface area contributed by atoms with Crippen LogP contribution in [0.25, 0.3) is 0 Å². The molecule has 0 aromatic heterocycles. The van der Waals surface area contributed by atoms with Gasteiger partial charge in [-0.25, -0.2) is 8.78 Å². The van der Waals surface area contributed by atoms with E-state index in [2.05, 4.69) is 5.32 Å². The molecule has 0 fully saturated rings. The number of hydrogen-bond acceptors (Lipinski definition) is 3. The van der Waals surface area contributed by atoms with Gasteiger partial charge in [-0.1, -0.05) is 0 Å². The molecule has 2 rings (SSSR count). The van der Waals surface area contributed by atoms with Gasteiger partial charge in [0.25, 0.3) is 0 Å². The molecule has 1 atom stereocenters. The van der Waals surface area contributed by atoms with Gasteiger partial charge in [0.05, 0.1) is 15.7 Å². The highest BCUT2D eigenvalue weighted by molar-refractivity contribution is 7.85. The first kappa shape index (κ1) is 15.1. The second-order valence-corrected chi connectivity index (χ2v) is 5.65. The lowest BCUT2D eigenvalue weighted by molar-refractivity contribution is -0.113. The van der Waals surface area contributed by atoms with Gasteiger partial charge in [0, 0.05) is 17.4 Å². The summed E-state index contributed by atoms with van der Waals surface area (Å²) in [5, 5.41) is 2.52. The summed E-state index contributed by atoms with van der Waals surface area (Å²) in [6, 6.07) is 9.08. The second-order valence-electron chi connectivity index (χ2n) is 4.23. The van der Waals surface area contributed by atoms with Crippen LogP contribution < -0.4 is 11.1 Å². The number of benzene rings is 2. The van der Waals surface area contributed by atoms with Gasteiger partial charge in [-0.2, -0.15) is 0 Å². The Morgan fingerprint density at radius 3 is 2.43 bits per heavy atom. The molecule has 21 heavy (non-hydrogen) atoms. The molecule has 0 aliphatic heterocycles. The third-order valence-corrected chi connectivity index (χ3v) is 3.94. The predicted octanol–water partition coefficient (Wildman–Crippen LogP) is 2.29. The van der Waals surface area contributed by atoms with Crippen molar-refractivity contribution in [2.75, 3.05) is 16.8 Å². The van der Waals surface area contributed by atoms with Crippen molar-refractivity contribution < 1.29 is 17.8 Å². The number of nitrogens with one attached hydrogen (secondary N) is 1. The third-order valence-electron chi connectivity index (χ3n) is 2.60. The maximum absolute atomic E-state index is 13.4. The number of hydrogen-bond donors (Lipinski definition) is 2. The summed E-state index contributed by atoms with van der Waals surface area (Å²) in [7, 11) is -1.89. The summed E-state index contributed by atoms with van der Waals surface area (Å²) in [5.74, 6) is -2.66. The number of carbonyl (C=O) groups is 1. The second kappa shape index (κ2) is 6.45. The summed E-state index contributed by atoms with van der Waals surface area (Å²) in [5.41, 5.74) is 6.55. The molecular formula is C14H12F2N2O2S. The highest BCUT2D eigenvalue weighted by Crippen LogP contribution is 2.15. The van der Waals surface area contributed by atoms with E-state index in [4.69, 9.17) is 5.73 Å². The summed E-state index contributed by atoms with van der Waals surface area (Å²) < 4.78 is 38.1. The largest absolute Gasteiger partial charge is 0.399 e. The van der Waals surface area contributed by atoms with Gasteiger partial charge in [-0.3, -0.25) is 9.00 Å². The monoisotopic (exact) mass is 310 g/mol. The highest BCUT2D eigenvalue weighted by atomic mass is 32.2. The number of amides is 1. The van der Waals surface area contributed by atoms with Crippen molar-refractivity contribution in [3.63, 3.8) is 0 Å². The fourth-order valence-corrected chi connectivity index (χ4v) is 2.58. The van der Waals surface area contributed by atoms with Crippen LogP contribution in [0.15, 0.2) is 47.4 Å². The molecule has 0 aliphatic carbocycles. The van der Waals surface area contributed by atoms with E-state index in [0.29, 0.717) is 17.4 Å². The van der Waals surface area contributed by atoms with Gasteiger partial charge in [-0.15, -0.1) is 0 Å². The molecule has 1 amide bonds. The fourth-order valence-electron chi connectivity index (χ4n) is 1.62. The van der Waals surface area contributed by atoms with E-state index in [1.807, 2.05) is 0 Å². The Morgan fingerprint density at radius 2 is 1.81 bits per heavy atom. The van der Waals surface area contributed by atoms with Crippen LogP contribution in [-0.2, 0) is 15.6 Å². The van der Waals surface area contributed by atoms with E-state index in [1.54, 1.807) is 24.3 Å². The SMILES string of the molecule is Nc1ccc(NC(=O)CS(=O)c2ccc(F)cc2F)cc1. The van der Waals surface area contributed by atoms with Crippen LogP contribution in [0.3, 0.4) is 0 Å². The summed E-state index contributed by atoms with van der Waals surface area (Å²) >= 11 is 0. The van der Waals surface area contributed by atoms with E-state index in [9.17, 15) is 17.8 Å². The molecule has 7 heteroatoms. The Kier molecular flexibility index (Phi) is 4.64. The Morgan fingerprint density at radius 1 is 1.14 bits per heavy atom. The van der Waals surface area contributed by atoms with Crippen LogP contribution in [0.1, 0.15) is 0 Å². The minimum absolute atomic E-state index is 0.205.